The summed E-state index contributed by atoms with van der Waals surface area (Å²) in [5.74, 6) is 0.738. The predicted octanol–water partition coefficient (Wildman–Crippen LogP) is 3.78. The van der Waals surface area contributed by atoms with Crippen LogP contribution in [0.2, 0.25) is 0 Å². The van der Waals surface area contributed by atoms with Gasteiger partial charge in [-0.1, -0.05) is 36.8 Å². The highest BCUT2D eigenvalue weighted by Gasteiger charge is 2.15. The number of carbonyl (C=O) groups is 1. The Morgan fingerprint density at radius 3 is 2.48 bits per heavy atom. The third kappa shape index (κ3) is 4.37. The molecule has 0 bridgehead atoms. The summed E-state index contributed by atoms with van der Waals surface area (Å²) in [6.45, 7) is 4.60. The van der Waals surface area contributed by atoms with E-state index in [9.17, 15) is 9.59 Å². The van der Waals surface area contributed by atoms with Crippen molar-refractivity contribution in [2.75, 3.05) is 7.11 Å². The molecule has 27 heavy (non-hydrogen) atoms. The van der Waals surface area contributed by atoms with Gasteiger partial charge < -0.3 is 14.6 Å². The van der Waals surface area contributed by atoms with Crippen molar-refractivity contribution in [1.82, 2.24) is 9.88 Å². The Labute approximate surface area is 158 Å². The lowest BCUT2D eigenvalue weighted by Crippen LogP contribution is -2.31. The van der Waals surface area contributed by atoms with Gasteiger partial charge in [-0.15, -0.1) is 0 Å². The third-order valence-electron chi connectivity index (χ3n) is 4.64. The molecule has 0 fully saturated rings. The van der Waals surface area contributed by atoms with Crippen LogP contribution in [-0.2, 0) is 17.9 Å². The quantitative estimate of drug-likeness (QED) is 0.724. The summed E-state index contributed by atoms with van der Waals surface area (Å²) in [6.07, 6.45) is 0.394. The Hall–Kier alpha value is -3.08. The molecule has 3 rings (SSSR count). The van der Waals surface area contributed by atoms with Crippen LogP contribution >= 0.6 is 0 Å². The molecule has 5 nitrogen and oxygen atoms in total. The topological polar surface area (TPSA) is 62.4 Å². The van der Waals surface area contributed by atoms with Gasteiger partial charge in [0, 0.05) is 29.4 Å². The highest BCUT2D eigenvalue weighted by atomic mass is 16.5. The first-order valence-corrected chi connectivity index (χ1v) is 9.03. The van der Waals surface area contributed by atoms with Gasteiger partial charge in [0.1, 0.15) is 5.75 Å². The first-order valence-electron chi connectivity index (χ1n) is 9.03. The first kappa shape index (κ1) is 18.7. The summed E-state index contributed by atoms with van der Waals surface area (Å²) in [5, 5.41) is 0.878. The number of carbonyl (C=O) groups excluding carboxylic acids is 1. The van der Waals surface area contributed by atoms with Crippen molar-refractivity contribution in [1.29, 1.82) is 0 Å². The van der Waals surface area contributed by atoms with Gasteiger partial charge in [0.25, 0.3) is 5.56 Å². The molecule has 5 heteroatoms. The van der Waals surface area contributed by atoms with Gasteiger partial charge in [0.05, 0.1) is 13.7 Å². The summed E-state index contributed by atoms with van der Waals surface area (Å²) < 4.78 is 5.26. The molecule has 0 aliphatic rings. The second-order valence-corrected chi connectivity index (χ2v) is 6.67. The number of fused-ring (bicyclic) bond motifs is 1. The van der Waals surface area contributed by atoms with E-state index in [1.54, 1.807) is 12.0 Å². The standard InChI is InChI=1S/C22H24N2O3/c1-4-21(25)24(13-16-7-5-15(2)6-8-16)14-18-11-17-12-19(27-3)9-10-20(17)23-22(18)26/h5-12H,4,13-14H2,1-3H3,(H,23,26). The van der Waals surface area contributed by atoms with Crippen molar-refractivity contribution >= 4 is 16.8 Å². The number of aromatic nitrogens is 1. The monoisotopic (exact) mass is 364 g/mol. The molecule has 0 saturated heterocycles. The Morgan fingerprint density at radius 1 is 1.07 bits per heavy atom. The largest absolute Gasteiger partial charge is 0.497 e. The Kier molecular flexibility index (Phi) is 5.60. The molecule has 0 atom stereocenters. The Bertz CT molecular complexity index is 1010. The number of nitrogens with one attached hydrogen (secondary N) is 1. The van der Waals surface area contributed by atoms with E-state index in [1.165, 1.54) is 5.56 Å². The second-order valence-electron chi connectivity index (χ2n) is 6.67. The number of hydrogen-bond acceptors (Lipinski definition) is 3. The number of aromatic amines is 1. The van der Waals surface area contributed by atoms with Gasteiger partial charge in [-0.25, -0.2) is 0 Å². The molecule has 0 saturated carbocycles. The minimum atomic E-state index is -0.175. The minimum Gasteiger partial charge on any atom is -0.497 e. The molecule has 3 aromatic rings. The van der Waals surface area contributed by atoms with Crippen LogP contribution in [-0.4, -0.2) is 22.9 Å². The summed E-state index contributed by atoms with van der Waals surface area (Å²) in [4.78, 5) is 29.6. The van der Waals surface area contributed by atoms with E-state index in [2.05, 4.69) is 4.98 Å². The number of H-pyrrole nitrogens is 1. The van der Waals surface area contributed by atoms with E-state index in [0.717, 1.165) is 22.2 Å². The van der Waals surface area contributed by atoms with Gasteiger partial charge in [0.15, 0.2) is 0 Å². The number of aryl methyl sites for hydroxylation is 1. The maximum Gasteiger partial charge on any atom is 0.253 e. The lowest BCUT2D eigenvalue weighted by Gasteiger charge is -2.22. The predicted molar refractivity (Wildman–Crippen MR) is 107 cm³/mol. The highest BCUT2D eigenvalue weighted by molar-refractivity contribution is 5.81. The van der Waals surface area contributed by atoms with Crippen molar-refractivity contribution in [2.45, 2.75) is 33.4 Å². The zero-order valence-corrected chi connectivity index (χ0v) is 15.9. The molecule has 1 aromatic heterocycles. The molecule has 0 aliphatic carbocycles. The summed E-state index contributed by atoms with van der Waals surface area (Å²) >= 11 is 0. The van der Waals surface area contributed by atoms with Crippen LogP contribution in [0.25, 0.3) is 10.9 Å². The number of rotatable bonds is 6. The molecule has 2 aromatic carbocycles. The van der Waals surface area contributed by atoms with E-state index in [4.69, 9.17) is 4.74 Å². The maximum atomic E-state index is 12.5. The molecular weight excluding hydrogens is 340 g/mol. The molecule has 1 N–H and O–H groups in total. The van der Waals surface area contributed by atoms with Gasteiger partial charge in [-0.2, -0.15) is 0 Å². The summed E-state index contributed by atoms with van der Waals surface area (Å²) in [7, 11) is 1.61. The molecule has 0 unspecified atom stereocenters. The van der Waals surface area contributed by atoms with Gasteiger partial charge in [-0.3, -0.25) is 9.59 Å². The lowest BCUT2D eigenvalue weighted by molar-refractivity contribution is -0.132. The number of nitrogens with zero attached hydrogens (tertiary/aromatic N) is 1. The number of benzene rings is 2. The van der Waals surface area contributed by atoms with Crippen molar-refractivity contribution < 1.29 is 9.53 Å². The van der Waals surface area contributed by atoms with Gasteiger partial charge in [-0.05, 0) is 36.8 Å². The van der Waals surface area contributed by atoms with Crippen molar-refractivity contribution in [3.63, 3.8) is 0 Å². The molecule has 0 radical (unpaired) electrons. The van der Waals surface area contributed by atoms with E-state index < -0.39 is 0 Å². The van der Waals surface area contributed by atoms with Crippen molar-refractivity contribution in [3.05, 3.63) is 75.6 Å². The van der Waals surface area contributed by atoms with Crippen LogP contribution in [0.15, 0.2) is 53.3 Å². The molecule has 1 heterocycles. The third-order valence-corrected chi connectivity index (χ3v) is 4.64. The van der Waals surface area contributed by atoms with E-state index in [-0.39, 0.29) is 18.0 Å². The molecule has 0 aliphatic heterocycles. The maximum absolute atomic E-state index is 12.5. The van der Waals surface area contributed by atoms with Crippen LogP contribution < -0.4 is 10.3 Å². The Balaban J connectivity index is 1.92. The van der Waals surface area contributed by atoms with Crippen LogP contribution in [0.5, 0.6) is 5.75 Å². The Morgan fingerprint density at radius 2 is 1.81 bits per heavy atom. The van der Waals surface area contributed by atoms with Crippen molar-refractivity contribution in [2.24, 2.45) is 0 Å². The van der Waals surface area contributed by atoms with Crippen LogP contribution in [0, 0.1) is 6.92 Å². The second kappa shape index (κ2) is 8.08. The molecule has 1 amide bonds. The number of amides is 1. The number of hydrogen-bond donors (Lipinski definition) is 1. The van der Waals surface area contributed by atoms with Crippen LogP contribution in [0.3, 0.4) is 0 Å². The van der Waals surface area contributed by atoms with Crippen LogP contribution in [0.1, 0.15) is 30.0 Å². The number of ether oxygens (including phenoxy) is 1. The highest BCUT2D eigenvalue weighted by Crippen LogP contribution is 2.20. The normalized spacial score (nSPS) is 10.8. The van der Waals surface area contributed by atoms with Crippen LogP contribution in [0.4, 0.5) is 0 Å². The summed E-state index contributed by atoms with van der Waals surface area (Å²) in [6, 6.07) is 15.4. The molecule has 140 valence electrons. The molecule has 0 spiro atoms. The first-order chi connectivity index (χ1) is 13.0. The van der Waals surface area contributed by atoms with Gasteiger partial charge in [0.2, 0.25) is 5.91 Å². The smallest absolute Gasteiger partial charge is 0.253 e. The van der Waals surface area contributed by atoms with Gasteiger partial charge >= 0.3 is 0 Å². The van der Waals surface area contributed by atoms with E-state index >= 15 is 0 Å². The zero-order chi connectivity index (χ0) is 19.4. The SMILES string of the molecule is CCC(=O)N(Cc1ccc(C)cc1)Cc1cc2cc(OC)ccc2[nH]c1=O. The fourth-order valence-electron chi connectivity index (χ4n) is 3.05. The average Bonchev–Trinajstić information content (AvgIpc) is 2.68. The number of methoxy groups -OCH3 is 1. The fraction of sp³-hybridized carbons (Fsp3) is 0.273. The average molecular weight is 364 g/mol. The molecular formula is C22H24N2O3. The fourth-order valence-corrected chi connectivity index (χ4v) is 3.05. The minimum absolute atomic E-state index is 0.0146. The van der Waals surface area contributed by atoms with E-state index in [0.29, 0.717) is 18.5 Å². The van der Waals surface area contributed by atoms with Crippen molar-refractivity contribution in [3.8, 4) is 5.75 Å². The lowest BCUT2D eigenvalue weighted by atomic mass is 10.1. The van der Waals surface area contributed by atoms with E-state index in [1.807, 2.05) is 62.4 Å². The zero-order valence-electron chi connectivity index (χ0n) is 15.9. The number of pyridine rings is 1. The summed E-state index contributed by atoms with van der Waals surface area (Å²) in [5.41, 5.74) is 3.35.